The van der Waals surface area contributed by atoms with Gasteiger partial charge in [-0.05, 0) is 37.8 Å². The Kier molecular flexibility index (Phi) is 13.9. The molecular formula is C29H41N7O2. The minimum absolute atomic E-state index is 0.0274. The van der Waals surface area contributed by atoms with Crippen LogP contribution < -0.4 is 5.73 Å². The first-order chi connectivity index (χ1) is 18.5. The van der Waals surface area contributed by atoms with E-state index in [9.17, 15) is 5.11 Å². The number of rotatable bonds is 11. The number of aliphatic imine (C=N–C) groups is 1. The van der Waals surface area contributed by atoms with E-state index in [4.69, 9.17) is 15.7 Å². The Labute approximate surface area is 226 Å². The number of benzene rings is 1. The van der Waals surface area contributed by atoms with E-state index < -0.39 is 5.60 Å². The number of unbranched alkanes of at least 4 members (excludes halogenated alkanes) is 1. The van der Waals surface area contributed by atoms with Gasteiger partial charge in [0.1, 0.15) is 17.2 Å². The van der Waals surface area contributed by atoms with E-state index in [1.165, 1.54) is 10.8 Å². The highest BCUT2D eigenvalue weighted by atomic mass is 16.5. The van der Waals surface area contributed by atoms with Crippen LogP contribution in [0.15, 0.2) is 72.3 Å². The molecule has 0 spiro atoms. The normalized spacial score (nSPS) is 12.5. The molecule has 3 rings (SSSR count). The maximum absolute atomic E-state index is 9.95. The second-order valence-corrected chi connectivity index (χ2v) is 7.70. The summed E-state index contributed by atoms with van der Waals surface area (Å²) >= 11 is 0. The van der Waals surface area contributed by atoms with Crippen molar-refractivity contribution in [3.05, 3.63) is 67.3 Å². The number of nitriles is 1. The maximum atomic E-state index is 9.95. The van der Waals surface area contributed by atoms with Crippen molar-refractivity contribution in [1.82, 2.24) is 19.6 Å². The smallest absolute Gasteiger partial charge is 0.165 e. The van der Waals surface area contributed by atoms with Crippen molar-refractivity contribution in [1.29, 1.82) is 5.26 Å². The molecule has 9 nitrogen and oxygen atoms in total. The number of hydrogen-bond acceptors (Lipinski definition) is 7. The summed E-state index contributed by atoms with van der Waals surface area (Å²) in [6.45, 7) is 13.6. The van der Waals surface area contributed by atoms with Gasteiger partial charge in [0.05, 0.1) is 30.2 Å². The SMILES string of the molecule is C=C(O)[C@@](CC)(CCC/C=N/c1c(-c2cnn(-c3ccccc3)c2)cnn1/C(N)=C/C#N)OC.CC.CC. The molecule has 0 amide bonds. The summed E-state index contributed by atoms with van der Waals surface area (Å²) in [4.78, 5) is 4.63. The third-order valence-electron chi connectivity index (χ3n) is 5.73. The largest absolute Gasteiger partial charge is 0.510 e. The van der Waals surface area contributed by atoms with Crippen molar-refractivity contribution in [2.75, 3.05) is 7.11 Å². The fourth-order valence-electron chi connectivity index (χ4n) is 3.69. The van der Waals surface area contributed by atoms with Gasteiger partial charge in [0.15, 0.2) is 5.82 Å². The molecule has 0 bridgehead atoms. The van der Waals surface area contributed by atoms with Crippen LogP contribution in [0.5, 0.6) is 0 Å². The monoisotopic (exact) mass is 519 g/mol. The van der Waals surface area contributed by atoms with Crippen LogP contribution >= 0.6 is 0 Å². The minimum atomic E-state index is -0.757. The Balaban J connectivity index is 0.00000172. The van der Waals surface area contributed by atoms with E-state index in [-0.39, 0.29) is 11.6 Å². The highest BCUT2D eigenvalue weighted by molar-refractivity contribution is 5.78. The van der Waals surface area contributed by atoms with Crippen LogP contribution in [-0.4, -0.2) is 43.6 Å². The zero-order valence-corrected chi connectivity index (χ0v) is 23.4. The van der Waals surface area contributed by atoms with Crippen LogP contribution in [-0.2, 0) is 4.74 Å². The van der Waals surface area contributed by atoms with Gasteiger partial charge in [-0.3, -0.25) is 0 Å². The van der Waals surface area contributed by atoms with Gasteiger partial charge >= 0.3 is 0 Å². The van der Waals surface area contributed by atoms with E-state index in [1.807, 2.05) is 77.2 Å². The second kappa shape index (κ2) is 16.6. The molecule has 204 valence electrons. The molecule has 0 fully saturated rings. The van der Waals surface area contributed by atoms with Crippen molar-refractivity contribution in [2.45, 2.75) is 65.9 Å². The molecule has 2 heterocycles. The van der Waals surface area contributed by atoms with Crippen LogP contribution in [0.4, 0.5) is 5.82 Å². The summed E-state index contributed by atoms with van der Waals surface area (Å²) in [6.07, 6.45) is 10.8. The summed E-state index contributed by atoms with van der Waals surface area (Å²) < 4.78 is 8.72. The Bertz CT molecular complexity index is 1210. The Morgan fingerprint density at radius 1 is 1.21 bits per heavy atom. The van der Waals surface area contributed by atoms with Crippen LogP contribution in [0.2, 0.25) is 0 Å². The van der Waals surface area contributed by atoms with E-state index in [0.717, 1.165) is 23.2 Å². The van der Waals surface area contributed by atoms with E-state index in [1.54, 1.807) is 30.4 Å². The Morgan fingerprint density at radius 2 is 1.89 bits per heavy atom. The number of allylic oxidation sites excluding steroid dienone is 1. The minimum Gasteiger partial charge on any atom is -0.510 e. The van der Waals surface area contributed by atoms with Gasteiger partial charge in [0, 0.05) is 30.6 Å². The molecule has 0 aliphatic heterocycles. The van der Waals surface area contributed by atoms with Gasteiger partial charge in [-0.2, -0.15) is 20.1 Å². The molecule has 3 aromatic rings. The van der Waals surface area contributed by atoms with Crippen LogP contribution in [0.3, 0.4) is 0 Å². The number of aliphatic hydroxyl groups is 1. The average molecular weight is 520 g/mol. The van der Waals surface area contributed by atoms with Gasteiger partial charge in [-0.1, -0.05) is 59.4 Å². The molecule has 2 aromatic heterocycles. The van der Waals surface area contributed by atoms with Crippen molar-refractivity contribution >= 4 is 17.9 Å². The van der Waals surface area contributed by atoms with Crippen molar-refractivity contribution in [3.63, 3.8) is 0 Å². The predicted molar refractivity (Wildman–Crippen MR) is 155 cm³/mol. The van der Waals surface area contributed by atoms with Gasteiger partial charge in [0.25, 0.3) is 0 Å². The van der Waals surface area contributed by atoms with Crippen LogP contribution in [0.1, 0.15) is 60.3 Å². The lowest BCUT2D eigenvalue weighted by Gasteiger charge is -2.30. The maximum Gasteiger partial charge on any atom is 0.165 e. The lowest BCUT2D eigenvalue weighted by molar-refractivity contribution is -0.0203. The highest BCUT2D eigenvalue weighted by Gasteiger charge is 2.30. The predicted octanol–water partition coefficient (Wildman–Crippen LogP) is 6.81. The third-order valence-corrected chi connectivity index (χ3v) is 5.73. The molecule has 0 aliphatic carbocycles. The van der Waals surface area contributed by atoms with Gasteiger partial charge in [-0.25, -0.2) is 9.67 Å². The molecule has 3 N–H and O–H groups in total. The molecule has 9 heteroatoms. The first kappa shape index (κ1) is 31.9. The topological polar surface area (TPSA) is 127 Å². The fourth-order valence-corrected chi connectivity index (χ4v) is 3.69. The zero-order valence-electron chi connectivity index (χ0n) is 23.4. The Morgan fingerprint density at radius 3 is 2.47 bits per heavy atom. The van der Waals surface area contributed by atoms with Crippen molar-refractivity contribution < 1.29 is 9.84 Å². The number of nitrogens with zero attached hydrogens (tertiary/aromatic N) is 6. The van der Waals surface area contributed by atoms with Crippen molar-refractivity contribution in [3.8, 4) is 22.9 Å². The second-order valence-electron chi connectivity index (χ2n) is 7.70. The summed E-state index contributed by atoms with van der Waals surface area (Å²) in [5, 5.41) is 27.8. The number of aromatic nitrogens is 4. The lowest BCUT2D eigenvalue weighted by atomic mass is 9.92. The summed E-state index contributed by atoms with van der Waals surface area (Å²) in [7, 11) is 1.57. The standard InChI is InChI=1S/C25H29N7O2.2C2H6/c1-4-25(34-3,19(2)33)13-8-9-15-28-24-22(17-30-32(24)23(27)12-14-26)20-16-29-31(18-20)21-10-6-5-7-11-21;2*1-2/h5-7,10-12,15-18,33H,2,4,8-9,13,27H2,1,3H3;2*1-2H3/b23-12+,28-15+;;/t25-;;/m1../s1. The van der Waals surface area contributed by atoms with Gasteiger partial charge in [-0.15, -0.1) is 0 Å². The molecule has 0 unspecified atom stereocenters. The molecule has 0 aliphatic rings. The molecule has 1 aromatic carbocycles. The van der Waals surface area contributed by atoms with E-state index >= 15 is 0 Å². The van der Waals surface area contributed by atoms with Gasteiger partial charge < -0.3 is 15.6 Å². The average Bonchev–Trinajstić information content (AvgIpc) is 3.61. The number of aliphatic hydroxyl groups excluding tert-OH is 1. The first-order valence-corrected chi connectivity index (χ1v) is 13.0. The third kappa shape index (κ3) is 7.92. The number of ether oxygens (including phenoxy) is 1. The van der Waals surface area contributed by atoms with Crippen LogP contribution in [0, 0.1) is 11.3 Å². The summed E-state index contributed by atoms with van der Waals surface area (Å²) in [6, 6.07) is 11.7. The van der Waals surface area contributed by atoms with E-state index in [0.29, 0.717) is 25.1 Å². The first-order valence-electron chi connectivity index (χ1n) is 13.0. The van der Waals surface area contributed by atoms with Crippen LogP contribution in [0.25, 0.3) is 22.6 Å². The highest BCUT2D eigenvalue weighted by Crippen LogP contribution is 2.32. The summed E-state index contributed by atoms with van der Waals surface area (Å²) in [5.41, 5.74) is 7.76. The number of para-hydroxylation sites is 1. The quantitative estimate of drug-likeness (QED) is 0.124. The number of methoxy groups -OCH3 is 1. The molecular weight excluding hydrogens is 478 g/mol. The molecule has 0 radical (unpaired) electrons. The molecule has 0 saturated heterocycles. The fraction of sp³-hybridized carbons (Fsp3) is 0.379. The Hall–Kier alpha value is -4.16. The summed E-state index contributed by atoms with van der Waals surface area (Å²) in [5.74, 6) is 0.689. The molecule has 0 saturated carbocycles. The number of hydrogen-bond donors (Lipinski definition) is 2. The van der Waals surface area contributed by atoms with Gasteiger partial charge in [0.2, 0.25) is 0 Å². The molecule has 1 atom stereocenters. The molecule has 38 heavy (non-hydrogen) atoms. The lowest BCUT2D eigenvalue weighted by Crippen LogP contribution is -2.32. The zero-order chi connectivity index (χ0) is 28.6. The van der Waals surface area contributed by atoms with Crippen molar-refractivity contribution in [2.24, 2.45) is 10.7 Å². The van der Waals surface area contributed by atoms with E-state index in [2.05, 4.69) is 21.8 Å². The number of nitrogens with two attached hydrogens (primary N) is 1.